The van der Waals surface area contributed by atoms with Crippen molar-refractivity contribution < 1.29 is 9.53 Å². The number of para-hydroxylation sites is 2. The maximum Gasteiger partial charge on any atom is 0.319 e. The number of carbonyl (C=O) groups is 1. The van der Waals surface area contributed by atoms with Crippen molar-refractivity contribution in [3.05, 3.63) is 96.1 Å². The van der Waals surface area contributed by atoms with E-state index in [4.69, 9.17) is 4.74 Å². The maximum atomic E-state index is 12.6. The number of amides is 2. The normalized spacial score (nSPS) is 10.4. The Labute approximate surface area is 160 Å². The first-order valence-electron chi connectivity index (χ1n) is 9.03. The Morgan fingerprint density at radius 2 is 1.33 bits per heavy atom. The number of hydrogen-bond acceptors (Lipinski definition) is 2. The van der Waals surface area contributed by atoms with E-state index < -0.39 is 0 Å². The van der Waals surface area contributed by atoms with Crippen LogP contribution in [0.3, 0.4) is 0 Å². The molecule has 0 radical (unpaired) electrons. The average molecular weight is 360 g/mol. The molecule has 0 bridgehead atoms. The Hall–Kier alpha value is -3.27. The maximum absolute atomic E-state index is 12.6. The van der Waals surface area contributed by atoms with Crippen molar-refractivity contribution in [3.8, 4) is 5.75 Å². The van der Waals surface area contributed by atoms with Gasteiger partial charge in [0.25, 0.3) is 0 Å². The monoisotopic (exact) mass is 360 g/mol. The van der Waals surface area contributed by atoms with E-state index in [0.29, 0.717) is 11.4 Å². The predicted octanol–water partition coefficient (Wildman–Crippen LogP) is 4.67. The van der Waals surface area contributed by atoms with Gasteiger partial charge in [-0.1, -0.05) is 72.8 Å². The van der Waals surface area contributed by atoms with Gasteiger partial charge in [-0.15, -0.1) is 0 Å². The molecule has 138 valence electrons. The Bertz CT molecular complexity index is 809. The van der Waals surface area contributed by atoms with Crippen LogP contribution in [0.25, 0.3) is 0 Å². The minimum absolute atomic E-state index is 0.0236. The number of methoxy groups -OCH3 is 1. The molecular weight excluding hydrogens is 336 g/mol. The van der Waals surface area contributed by atoms with Crippen LogP contribution in [0.15, 0.2) is 84.9 Å². The first-order valence-corrected chi connectivity index (χ1v) is 9.03. The van der Waals surface area contributed by atoms with Crippen LogP contribution in [0, 0.1) is 0 Å². The van der Waals surface area contributed by atoms with Gasteiger partial charge in [0.05, 0.1) is 12.8 Å². The van der Waals surface area contributed by atoms with E-state index in [-0.39, 0.29) is 12.1 Å². The van der Waals surface area contributed by atoms with Crippen LogP contribution >= 0.6 is 0 Å². The SMILES string of the molecule is COc1ccccc1NC(=O)NC(Cc1ccccc1)Cc1ccccc1. The molecule has 2 amide bonds. The van der Waals surface area contributed by atoms with Crippen LogP contribution in [-0.4, -0.2) is 19.2 Å². The molecule has 0 saturated carbocycles. The molecule has 0 fully saturated rings. The summed E-state index contributed by atoms with van der Waals surface area (Å²) in [4.78, 5) is 12.6. The second-order valence-corrected chi connectivity index (χ2v) is 6.38. The molecule has 0 atom stereocenters. The second-order valence-electron chi connectivity index (χ2n) is 6.38. The number of benzene rings is 3. The molecule has 4 nitrogen and oxygen atoms in total. The quantitative estimate of drug-likeness (QED) is 0.643. The molecule has 3 aromatic rings. The summed E-state index contributed by atoms with van der Waals surface area (Å²) < 4.78 is 5.30. The van der Waals surface area contributed by atoms with Gasteiger partial charge in [-0.05, 0) is 36.1 Å². The molecule has 0 aromatic heterocycles. The molecule has 3 aromatic carbocycles. The van der Waals surface area contributed by atoms with Crippen LogP contribution < -0.4 is 15.4 Å². The predicted molar refractivity (Wildman–Crippen MR) is 109 cm³/mol. The molecular formula is C23H24N2O2. The number of anilines is 1. The van der Waals surface area contributed by atoms with Crippen molar-refractivity contribution in [3.63, 3.8) is 0 Å². The number of carbonyl (C=O) groups excluding carboxylic acids is 1. The minimum atomic E-state index is -0.239. The van der Waals surface area contributed by atoms with E-state index in [1.54, 1.807) is 7.11 Å². The summed E-state index contributed by atoms with van der Waals surface area (Å²) in [5.74, 6) is 0.635. The van der Waals surface area contributed by atoms with Crippen molar-refractivity contribution in [1.82, 2.24) is 5.32 Å². The van der Waals surface area contributed by atoms with Gasteiger partial charge in [0.1, 0.15) is 5.75 Å². The second kappa shape index (κ2) is 9.43. The zero-order chi connectivity index (χ0) is 18.9. The molecule has 27 heavy (non-hydrogen) atoms. The van der Waals surface area contributed by atoms with Crippen molar-refractivity contribution in [2.45, 2.75) is 18.9 Å². The lowest BCUT2D eigenvalue weighted by Gasteiger charge is -2.20. The molecule has 2 N–H and O–H groups in total. The molecule has 0 aliphatic carbocycles. The highest BCUT2D eigenvalue weighted by molar-refractivity contribution is 5.91. The van der Waals surface area contributed by atoms with E-state index in [9.17, 15) is 4.79 Å². The van der Waals surface area contributed by atoms with Crippen LogP contribution in [0.5, 0.6) is 5.75 Å². The van der Waals surface area contributed by atoms with Gasteiger partial charge in [-0.25, -0.2) is 4.79 Å². The van der Waals surface area contributed by atoms with E-state index >= 15 is 0 Å². The molecule has 4 heteroatoms. The lowest BCUT2D eigenvalue weighted by Crippen LogP contribution is -2.40. The third kappa shape index (κ3) is 5.61. The van der Waals surface area contributed by atoms with Crippen molar-refractivity contribution in [1.29, 1.82) is 0 Å². The standard InChI is InChI=1S/C23H24N2O2/c1-27-22-15-9-8-14-21(22)25-23(26)24-20(16-18-10-4-2-5-11-18)17-19-12-6-3-7-13-19/h2-15,20H,16-17H2,1H3,(H2,24,25,26). The molecule has 0 heterocycles. The van der Waals surface area contributed by atoms with Gasteiger partial charge in [-0.3, -0.25) is 0 Å². The lowest BCUT2D eigenvalue weighted by atomic mass is 9.99. The topological polar surface area (TPSA) is 50.4 Å². The van der Waals surface area contributed by atoms with Crippen LogP contribution in [0.1, 0.15) is 11.1 Å². The highest BCUT2D eigenvalue weighted by atomic mass is 16.5. The summed E-state index contributed by atoms with van der Waals surface area (Å²) in [6, 6.07) is 27.5. The van der Waals surface area contributed by atoms with E-state index in [1.807, 2.05) is 60.7 Å². The number of rotatable bonds is 7. The van der Waals surface area contributed by atoms with E-state index in [2.05, 4.69) is 34.9 Å². The summed E-state index contributed by atoms with van der Waals surface area (Å²) in [5, 5.41) is 6.00. The summed E-state index contributed by atoms with van der Waals surface area (Å²) in [7, 11) is 1.59. The molecule has 0 saturated heterocycles. The van der Waals surface area contributed by atoms with Gasteiger partial charge in [-0.2, -0.15) is 0 Å². The summed E-state index contributed by atoms with van der Waals surface area (Å²) >= 11 is 0. The van der Waals surface area contributed by atoms with E-state index in [1.165, 1.54) is 11.1 Å². The Kier molecular flexibility index (Phi) is 6.47. The van der Waals surface area contributed by atoms with Gasteiger partial charge in [0.2, 0.25) is 0 Å². The highest BCUT2D eigenvalue weighted by Crippen LogP contribution is 2.22. The van der Waals surface area contributed by atoms with Gasteiger partial charge < -0.3 is 15.4 Å². The number of hydrogen-bond donors (Lipinski definition) is 2. The fraction of sp³-hybridized carbons (Fsp3) is 0.174. The Balaban J connectivity index is 1.70. The highest BCUT2D eigenvalue weighted by Gasteiger charge is 2.15. The van der Waals surface area contributed by atoms with Crippen LogP contribution in [-0.2, 0) is 12.8 Å². The van der Waals surface area contributed by atoms with Crippen LogP contribution in [0.4, 0.5) is 10.5 Å². The zero-order valence-corrected chi connectivity index (χ0v) is 15.4. The summed E-state index contributed by atoms with van der Waals surface area (Å²) in [5.41, 5.74) is 3.03. The van der Waals surface area contributed by atoms with Crippen molar-refractivity contribution in [2.24, 2.45) is 0 Å². The van der Waals surface area contributed by atoms with Crippen molar-refractivity contribution in [2.75, 3.05) is 12.4 Å². The summed E-state index contributed by atoms with van der Waals surface area (Å²) in [6.07, 6.45) is 1.52. The minimum Gasteiger partial charge on any atom is -0.495 e. The first kappa shape index (κ1) is 18.5. The van der Waals surface area contributed by atoms with Gasteiger partial charge >= 0.3 is 6.03 Å². The molecule has 0 spiro atoms. The van der Waals surface area contributed by atoms with Crippen LogP contribution in [0.2, 0.25) is 0 Å². The smallest absolute Gasteiger partial charge is 0.319 e. The first-order chi connectivity index (χ1) is 13.2. The summed E-state index contributed by atoms with van der Waals surface area (Å²) in [6.45, 7) is 0. The fourth-order valence-electron chi connectivity index (χ4n) is 3.06. The molecule has 0 aliphatic rings. The van der Waals surface area contributed by atoms with E-state index in [0.717, 1.165) is 12.8 Å². The molecule has 0 aliphatic heterocycles. The lowest BCUT2D eigenvalue weighted by molar-refractivity contribution is 0.248. The number of ether oxygens (including phenoxy) is 1. The largest absolute Gasteiger partial charge is 0.495 e. The van der Waals surface area contributed by atoms with Gasteiger partial charge in [0.15, 0.2) is 0 Å². The number of urea groups is 1. The third-order valence-electron chi connectivity index (χ3n) is 4.34. The average Bonchev–Trinajstić information content (AvgIpc) is 2.70. The third-order valence-corrected chi connectivity index (χ3v) is 4.34. The number of nitrogens with one attached hydrogen (secondary N) is 2. The Morgan fingerprint density at radius 3 is 1.89 bits per heavy atom. The Morgan fingerprint density at radius 1 is 0.815 bits per heavy atom. The molecule has 3 rings (SSSR count). The fourth-order valence-corrected chi connectivity index (χ4v) is 3.06. The molecule has 0 unspecified atom stereocenters. The van der Waals surface area contributed by atoms with Crippen molar-refractivity contribution >= 4 is 11.7 Å². The van der Waals surface area contributed by atoms with Gasteiger partial charge in [0, 0.05) is 6.04 Å². The zero-order valence-electron chi connectivity index (χ0n) is 15.4.